The van der Waals surface area contributed by atoms with Crippen LogP contribution in [0.25, 0.3) is 0 Å². The lowest BCUT2D eigenvalue weighted by atomic mass is 10.3. The van der Waals surface area contributed by atoms with Crippen LogP contribution in [-0.2, 0) is 0 Å². The van der Waals surface area contributed by atoms with E-state index in [1.54, 1.807) is 12.1 Å². The molecule has 2 aromatic rings. The van der Waals surface area contributed by atoms with E-state index in [9.17, 15) is 4.39 Å². The number of hydrogen-bond donors (Lipinski definition) is 0. The lowest BCUT2D eigenvalue weighted by Gasteiger charge is -2.05. The fraction of sp³-hybridized carbons (Fsp3) is 0. The van der Waals surface area contributed by atoms with E-state index in [4.69, 9.17) is 0 Å². The summed E-state index contributed by atoms with van der Waals surface area (Å²) in [7, 11) is 0. The van der Waals surface area contributed by atoms with Crippen LogP contribution in [0.2, 0.25) is 0 Å². The molecule has 0 fully saturated rings. The van der Waals surface area contributed by atoms with Gasteiger partial charge in [-0.1, -0.05) is 39.8 Å². The lowest BCUT2D eigenvalue weighted by Crippen LogP contribution is -1.81. The Morgan fingerprint density at radius 3 is 2.44 bits per heavy atom. The average Bonchev–Trinajstić information content (AvgIpc) is 2.27. The summed E-state index contributed by atoms with van der Waals surface area (Å²) in [6.07, 6.45) is 0. The summed E-state index contributed by atoms with van der Waals surface area (Å²) in [6, 6.07) is 12.7. The molecule has 0 aliphatic heterocycles. The van der Waals surface area contributed by atoms with Gasteiger partial charge in [-0.05, 0) is 46.3 Å². The fourth-order valence-corrected chi connectivity index (χ4v) is 3.14. The van der Waals surface area contributed by atoms with E-state index < -0.39 is 0 Å². The molecule has 0 radical (unpaired) electrons. The molecule has 0 saturated heterocycles. The lowest BCUT2D eigenvalue weighted by molar-refractivity contribution is 0.601. The third-order valence-electron chi connectivity index (χ3n) is 1.95. The predicted octanol–water partition coefficient (Wildman–Crippen LogP) is 5.50. The van der Waals surface area contributed by atoms with Crippen LogP contribution in [0.15, 0.2) is 61.2 Å². The number of benzene rings is 2. The highest BCUT2D eigenvalue weighted by molar-refractivity contribution is 9.10. The van der Waals surface area contributed by atoms with Gasteiger partial charge in [0, 0.05) is 18.7 Å². The van der Waals surface area contributed by atoms with Gasteiger partial charge in [-0.2, -0.15) is 0 Å². The molecule has 16 heavy (non-hydrogen) atoms. The van der Waals surface area contributed by atoms with E-state index in [1.807, 2.05) is 24.3 Å². The van der Waals surface area contributed by atoms with Crippen LogP contribution in [0.5, 0.6) is 0 Å². The van der Waals surface area contributed by atoms with Crippen LogP contribution < -0.4 is 0 Å². The second-order valence-electron chi connectivity index (χ2n) is 3.11. The van der Waals surface area contributed by atoms with Gasteiger partial charge in [0.25, 0.3) is 0 Å². The second kappa shape index (κ2) is 5.34. The van der Waals surface area contributed by atoms with E-state index in [2.05, 4.69) is 31.9 Å². The molecule has 0 amide bonds. The van der Waals surface area contributed by atoms with Gasteiger partial charge in [-0.15, -0.1) is 0 Å². The summed E-state index contributed by atoms with van der Waals surface area (Å²) < 4.78 is 15.4. The zero-order valence-electron chi connectivity index (χ0n) is 8.08. The van der Waals surface area contributed by atoms with Crippen molar-refractivity contribution in [2.75, 3.05) is 0 Å². The fourth-order valence-electron chi connectivity index (χ4n) is 1.20. The number of halogens is 3. The summed E-state index contributed by atoms with van der Waals surface area (Å²) in [4.78, 5) is 1.61. The van der Waals surface area contributed by atoms with Crippen molar-refractivity contribution in [2.24, 2.45) is 0 Å². The Kier molecular flexibility index (Phi) is 4.05. The minimum atomic E-state index is -0.205. The zero-order valence-corrected chi connectivity index (χ0v) is 12.1. The Morgan fingerprint density at radius 1 is 0.938 bits per heavy atom. The van der Waals surface area contributed by atoms with Gasteiger partial charge in [0.2, 0.25) is 0 Å². The van der Waals surface area contributed by atoms with Crippen molar-refractivity contribution in [3.05, 3.63) is 57.2 Å². The Morgan fingerprint density at radius 2 is 1.69 bits per heavy atom. The summed E-state index contributed by atoms with van der Waals surface area (Å²) in [6.45, 7) is 0. The molecular weight excluding hydrogens is 355 g/mol. The van der Waals surface area contributed by atoms with Gasteiger partial charge in [-0.25, -0.2) is 4.39 Å². The Balaban J connectivity index is 2.34. The molecule has 0 unspecified atom stereocenters. The highest BCUT2D eigenvalue weighted by Crippen LogP contribution is 2.35. The molecule has 0 nitrogen and oxygen atoms in total. The Labute approximate surface area is 115 Å². The van der Waals surface area contributed by atoms with Crippen LogP contribution in [-0.4, -0.2) is 0 Å². The van der Waals surface area contributed by atoms with Crippen LogP contribution in [0.3, 0.4) is 0 Å². The molecule has 0 heterocycles. The minimum absolute atomic E-state index is 0.205. The first-order valence-corrected chi connectivity index (χ1v) is 6.94. The first-order chi connectivity index (χ1) is 7.66. The van der Waals surface area contributed by atoms with Crippen molar-refractivity contribution in [1.82, 2.24) is 0 Å². The molecular formula is C12H7Br2FS. The highest BCUT2D eigenvalue weighted by atomic mass is 79.9. The Hall–Kier alpha value is -0.320. The summed E-state index contributed by atoms with van der Waals surface area (Å²) in [5, 5.41) is 0. The monoisotopic (exact) mass is 360 g/mol. The van der Waals surface area contributed by atoms with Gasteiger partial charge >= 0.3 is 0 Å². The number of rotatable bonds is 2. The molecule has 2 rings (SSSR count). The molecule has 82 valence electrons. The molecule has 4 heteroatoms. The third kappa shape index (κ3) is 2.87. The molecule has 0 aliphatic rings. The van der Waals surface area contributed by atoms with E-state index in [1.165, 1.54) is 17.8 Å². The number of hydrogen-bond acceptors (Lipinski definition) is 1. The minimum Gasteiger partial charge on any atom is -0.206 e. The van der Waals surface area contributed by atoms with Gasteiger partial charge in [0.1, 0.15) is 5.82 Å². The molecule has 0 bridgehead atoms. The maximum Gasteiger partial charge on any atom is 0.137 e. The molecule has 0 atom stereocenters. The van der Waals surface area contributed by atoms with Gasteiger partial charge in [0.05, 0.1) is 0 Å². The van der Waals surface area contributed by atoms with Crippen molar-refractivity contribution >= 4 is 43.6 Å². The topological polar surface area (TPSA) is 0 Å². The summed E-state index contributed by atoms with van der Waals surface area (Å²) in [5.41, 5.74) is 0. The van der Waals surface area contributed by atoms with Crippen molar-refractivity contribution in [3.8, 4) is 0 Å². The maximum absolute atomic E-state index is 13.5. The van der Waals surface area contributed by atoms with E-state index in [0.717, 1.165) is 13.8 Å². The van der Waals surface area contributed by atoms with Crippen LogP contribution in [0, 0.1) is 5.82 Å². The largest absolute Gasteiger partial charge is 0.206 e. The third-order valence-corrected chi connectivity index (χ3v) is 4.51. The van der Waals surface area contributed by atoms with Crippen molar-refractivity contribution in [1.29, 1.82) is 0 Å². The predicted molar refractivity (Wildman–Crippen MR) is 72.4 cm³/mol. The molecule has 0 aromatic heterocycles. The first-order valence-electron chi connectivity index (χ1n) is 4.54. The quantitative estimate of drug-likeness (QED) is 0.680. The zero-order chi connectivity index (χ0) is 11.5. The van der Waals surface area contributed by atoms with Gasteiger partial charge < -0.3 is 0 Å². The van der Waals surface area contributed by atoms with Crippen molar-refractivity contribution in [3.63, 3.8) is 0 Å². The summed E-state index contributed by atoms with van der Waals surface area (Å²) >= 11 is 8.18. The van der Waals surface area contributed by atoms with Gasteiger partial charge in [-0.3, -0.25) is 0 Å². The molecule has 0 N–H and O–H groups in total. The van der Waals surface area contributed by atoms with Gasteiger partial charge in [0.15, 0.2) is 0 Å². The molecule has 0 saturated carbocycles. The van der Waals surface area contributed by atoms with Crippen molar-refractivity contribution in [2.45, 2.75) is 9.79 Å². The molecule has 0 aliphatic carbocycles. The highest BCUT2D eigenvalue weighted by Gasteiger charge is 2.06. The SMILES string of the molecule is Fc1ccc(Br)cc1Sc1ccccc1Br. The van der Waals surface area contributed by atoms with E-state index in [0.29, 0.717) is 4.90 Å². The van der Waals surface area contributed by atoms with Crippen LogP contribution in [0.1, 0.15) is 0 Å². The average molecular weight is 362 g/mol. The standard InChI is InChI=1S/C12H7Br2FS/c13-8-5-6-10(15)12(7-8)16-11-4-2-1-3-9(11)14/h1-7H. The smallest absolute Gasteiger partial charge is 0.137 e. The first kappa shape index (κ1) is 12.1. The van der Waals surface area contributed by atoms with Crippen LogP contribution >= 0.6 is 43.6 Å². The molecule has 2 aromatic carbocycles. The van der Waals surface area contributed by atoms with E-state index >= 15 is 0 Å². The Bertz CT molecular complexity index is 514. The van der Waals surface area contributed by atoms with Crippen molar-refractivity contribution < 1.29 is 4.39 Å². The molecule has 0 spiro atoms. The maximum atomic E-state index is 13.5. The summed E-state index contributed by atoms with van der Waals surface area (Å²) in [5.74, 6) is -0.205. The van der Waals surface area contributed by atoms with Crippen LogP contribution in [0.4, 0.5) is 4.39 Å². The normalized spacial score (nSPS) is 10.4. The second-order valence-corrected chi connectivity index (χ2v) is 5.96. The van der Waals surface area contributed by atoms with E-state index in [-0.39, 0.29) is 5.82 Å².